The van der Waals surface area contributed by atoms with E-state index >= 15 is 0 Å². The van der Waals surface area contributed by atoms with E-state index in [9.17, 15) is 14.0 Å². The third-order valence-electron chi connectivity index (χ3n) is 4.04. The van der Waals surface area contributed by atoms with E-state index in [1.807, 2.05) is 0 Å². The molecule has 1 unspecified atom stereocenters. The van der Waals surface area contributed by atoms with E-state index < -0.39 is 12.1 Å². The van der Waals surface area contributed by atoms with Gasteiger partial charge in [0.2, 0.25) is 5.91 Å². The second-order valence-electron chi connectivity index (χ2n) is 6.25. The van der Waals surface area contributed by atoms with Crippen molar-refractivity contribution in [1.82, 2.24) is 5.32 Å². The highest BCUT2D eigenvalue weighted by Crippen LogP contribution is 2.28. The Morgan fingerprint density at radius 1 is 1.11 bits per heavy atom. The Labute approximate surface area is 160 Å². The highest BCUT2D eigenvalue weighted by molar-refractivity contribution is 5.93. The first kappa shape index (κ1) is 19.2. The highest BCUT2D eigenvalue weighted by Gasteiger charge is 2.15. The van der Waals surface area contributed by atoms with E-state index in [1.54, 1.807) is 37.3 Å². The van der Waals surface area contributed by atoms with Crippen LogP contribution in [0.1, 0.15) is 25.6 Å². The lowest BCUT2D eigenvalue weighted by Crippen LogP contribution is -2.31. The lowest BCUT2D eigenvalue weighted by atomic mass is 10.2. The molecule has 2 aromatic carbocycles. The number of carbonyl (C=O) groups is 2. The summed E-state index contributed by atoms with van der Waals surface area (Å²) in [6.07, 6.45) is 0. The van der Waals surface area contributed by atoms with Crippen molar-refractivity contribution in [2.45, 2.75) is 19.9 Å². The van der Waals surface area contributed by atoms with Crippen molar-refractivity contribution in [2.75, 3.05) is 17.7 Å². The van der Waals surface area contributed by atoms with Crippen molar-refractivity contribution in [1.29, 1.82) is 0 Å². The number of halogens is 1. The van der Waals surface area contributed by atoms with Gasteiger partial charge in [0, 0.05) is 24.1 Å². The summed E-state index contributed by atoms with van der Waals surface area (Å²) in [5, 5.41) is 8.72. The molecule has 3 amide bonds. The fraction of sp³-hybridized carbons (Fsp3) is 0.200. The number of amides is 3. The van der Waals surface area contributed by atoms with E-state index in [4.69, 9.17) is 9.15 Å². The number of carbonyl (C=O) groups excluding carboxylic acids is 2. The van der Waals surface area contributed by atoms with Gasteiger partial charge < -0.3 is 25.1 Å². The number of hydrogen-bond donors (Lipinski definition) is 3. The van der Waals surface area contributed by atoms with Crippen molar-refractivity contribution in [3.63, 3.8) is 0 Å². The number of benzene rings is 2. The van der Waals surface area contributed by atoms with Crippen LogP contribution in [0.4, 0.5) is 20.6 Å². The van der Waals surface area contributed by atoms with E-state index in [0.717, 1.165) is 0 Å². The Bertz CT molecular complexity index is 1030. The van der Waals surface area contributed by atoms with E-state index in [2.05, 4.69) is 16.0 Å². The molecule has 0 saturated carbocycles. The number of urea groups is 1. The minimum Gasteiger partial charge on any atom is -0.494 e. The zero-order chi connectivity index (χ0) is 20.3. The number of anilines is 2. The van der Waals surface area contributed by atoms with Gasteiger partial charge in [-0.15, -0.1) is 0 Å². The Morgan fingerprint density at radius 2 is 1.89 bits per heavy atom. The number of hydrogen-bond acceptors (Lipinski definition) is 4. The topological polar surface area (TPSA) is 92.6 Å². The van der Waals surface area contributed by atoms with Gasteiger partial charge in [-0.3, -0.25) is 4.79 Å². The summed E-state index contributed by atoms with van der Waals surface area (Å²) in [6, 6.07) is 9.91. The quantitative estimate of drug-likeness (QED) is 0.606. The van der Waals surface area contributed by atoms with Crippen LogP contribution in [0.5, 0.6) is 5.75 Å². The minimum absolute atomic E-state index is 0.226. The molecule has 0 fully saturated rings. The molecular formula is C20H20FN3O4. The van der Waals surface area contributed by atoms with Gasteiger partial charge in [-0.1, -0.05) is 0 Å². The van der Waals surface area contributed by atoms with E-state index in [0.29, 0.717) is 33.9 Å². The molecule has 3 aromatic rings. The number of nitrogens with one attached hydrogen (secondary N) is 3. The SMILES string of the molecule is COc1cc(NC(=O)NC(C)c2cc3cc(F)ccc3o2)ccc1NC(C)=O. The third kappa shape index (κ3) is 4.40. The molecule has 1 atom stereocenters. The van der Waals surface area contributed by atoms with Gasteiger partial charge in [0.15, 0.2) is 0 Å². The second-order valence-corrected chi connectivity index (χ2v) is 6.25. The normalized spacial score (nSPS) is 11.7. The maximum absolute atomic E-state index is 13.3. The molecule has 0 radical (unpaired) electrons. The van der Waals surface area contributed by atoms with Crippen LogP contribution >= 0.6 is 0 Å². The molecule has 1 aromatic heterocycles. The van der Waals surface area contributed by atoms with Gasteiger partial charge in [0.05, 0.1) is 18.8 Å². The minimum atomic E-state index is -0.450. The first-order chi connectivity index (χ1) is 13.4. The predicted octanol–water partition coefficient (Wildman–Crippen LogP) is 4.42. The van der Waals surface area contributed by atoms with Gasteiger partial charge >= 0.3 is 6.03 Å². The number of rotatable bonds is 5. The Kier molecular flexibility index (Phi) is 5.49. The highest BCUT2D eigenvalue weighted by atomic mass is 19.1. The average molecular weight is 385 g/mol. The molecule has 28 heavy (non-hydrogen) atoms. The van der Waals surface area contributed by atoms with Crippen LogP contribution in [-0.4, -0.2) is 19.0 Å². The van der Waals surface area contributed by atoms with E-state index in [1.165, 1.54) is 26.2 Å². The van der Waals surface area contributed by atoms with Crippen molar-refractivity contribution in [2.24, 2.45) is 0 Å². The molecule has 3 N–H and O–H groups in total. The van der Waals surface area contributed by atoms with Crippen LogP contribution in [-0.2, 0) is 4.79 Å². The Hall–Kier alpha value is -3.55. The second kappa shape index (κ2) is 7.99. The van der Waals surface area contributed by atoms with Gasteiger partial charge in [-0.05, 0) is 43.3 Å². The molecular weight excluding hydrogens is 365 g/mol. The molecule has 7 nitrogen and oxygen atoms in total. The molecule has 0 spiro atoms. The molecule has 8 heteroatoms. The van der Waals surface area contributed by atoms with Gasteiger partial charge in [0.25, 0.3) is 0 Å². The number of methoxy groups -OCH3 is 1. The summed E-state index contributed by atoms with van der Waals surface area (Å²) in [7, 11) is 1.47. The third-order valence-corrected chi connectivity index (χ3v) is 4.04. The zero-order valence-corrected chi connectivity index (χ0v) is 15.6. The molecule has 1 heterocycles. The first-order valence-corrected chi connectivity index (χ1v) is 8.58. The molecule has 0 aliphatic heterocycles. The van der Waals surface area contributed by atoms with Crippen LogP contribution in [0.2, 0.25) is 0 Å². The van der Waals surface area contributed by atoms with Crippen molar-refractivity contribution >= 4 is 34.3 Å². The first-order valence-electron chi connectivity index (χ1n) is 8.58. The summed E-state index contributed by atoms with van der Waals surface area (Å²) in [5.41, 5.74) is 1.54. The molecule has 0 aliphatic carbocycles. The standard InChI is InChI=1S/C20H20FN3O4/c1-11(18-9-13-8-14(21)4-7-17(13)28-18)22-20(26)24-15-5-6-16(23-12(2)25)19(10-15)27-3/h4-11H,1-3H3,(H,23,25)(H2,22,24,26). The molecule has 0 bridgehead atoms. The van der Waals surface area contributed by atoms with Crippen LogP contribution < -0.4 is 20.7 Å². The number of ether oxygens (including phenoxy) is 1. The maximum atomic E-state index is 13.3. The lowest BCUT2D eigenvalue weighted by molar-refractivity contribution is -0.114. The molecule has 3 rings (SSSR count). The van der Waals surface area contributed by atoms with Crippen LogP contribution in [0.15, 0.2) is 46.9 Å². The lowest BCUT2D eigenvalue weighted by Gasteiger charge is -2.14. The van der Waals surface area contributed by atoms with Crippen molar-refractivity contribution in [3.05, 3.63) is 54.0 Å². The fourth-order valence-corrected chi connectivity index (χ4v) is 2.74. The predicted molar refractivity (Wildman–Crippen MR) is 104 cm³/mol. The fourth-order valence-electron chi connectivity index (χ4n) is 2.74. The van der Waals surface area contributed by atoms with Gasteiger partial charge in [-0.2, -0.15) is 0 Å². The summed E-state index contributed by atoms with van der Waals surface area (Å²) < 4.78 is 24.2. The van der Waals surface area contributed by atoms with Crippen LogP contribution in [0.3, 0.4) is 0 Å². The monoisotopic (exact) mass is 385 g/mol. The molecule has 0 aliphatic rings. The summed E-state index contributed by atoms with van der Waals surface area (Å²) in [5.74, 6) is 0.348. The summed E-state index contributed by atoms with van der Waals surface area (Å²) in [4.78, 5) is 23.5. The van der Waals surface area contributed by atoms with Crippen LogP contribution in [0.25, 0.3) is 11.0 Å². The number of furan rings is 1. The van der Waals surface area contributed by atoms with Crippen LogP contribution in [0, 0.1) is 5.82 Å². The largest absolute Gasteiger partial charge is 0.494 e. The Balaban J connectivity index is 1.68. The van der Waals surface area contributed by atoms with Crippen molar-refractivity contribution in [3.8, 4) is 5.75 Å². The zero-order valence-electron chi connectivity index (χ0n) is 15.6. The molecule has 146 valence electrons. The summed E-state index contributed by atoms with van der Waals surface area (Å²) >= 11 is 0. The van der Waals surface area contributed by atoms with Gasteiger partial charge in [-0.25, -0.2) is 9.18 Å². The van der Waals surface area contributed by atoms with Gasteiger partial charge in [0.1, 0.15) is 22.9 Å². The summed E-state index contributed by atoms with van der Waals surface area (Å²) in [6.45, 7) is 3.15. The van der Waals surface area contributed by atoms with E-state index in [-0.39, 0.29) is 11.7 Å². The molecule has 0 saturated heterocycles. The average Bonchev–Trinajstić information content (AvgIpc) is 3.05. The smallest absolute Gasteiger partial charge is 0.319 e. The maximum Gasteiger partial charge on any atom is 0.319 e. The Morgan fingerprint density at radius 3 is 2.61 bits per heavy atom. The number of fused-ring (bicyclic) bond motifs is 1. The van der Waals surface area contributed by atoms with Crippen molar-refractivity contribution < 1.29 is 23.1 Å².